The maximum Gasteiger partial charge on any atom is 0.0826 e. The second-order valence-corrected chi connectivity index (χ2v) is 4.38. The van der Waals surface area contributed by atoms with Gasteiger partial charge in [-0.1, -0.05) is 45.1 Å². The van der Waals surface area contributed by atoms with Gasteiger partial charge in [0, 0.05) is 6.42 Å². The number of unbranched alkanes of at least 4 members (excludes halogenated alkanes) is 4. The Hall–Kier alpha value is -0.380. The van der Waals surface area contributed by atoms with E-state index >= 15 is 0 Å². The van der Waals surface area contributed by atoms with Crippen LogP contribution in [0.15, 0.2) is 12.7 Å². The Morgan fingerprint density at radius 3 is 2.19 bits per heavy atom. The maximum absolute atomic E-state index is 9.62. The highest BCUT2D eigenvalue weighted by atomic mass is 16.3. The standard InChI is InChI=1S/C13H26O3/c1-3-5-6-7-8-9-12(15)13(16)10-11(14)4-2/h4,11-16H,2-3,5-10H2,1H3/t11-,12-,13-/m1/s1. The third-order valence-electron chi connectivity index (χ3n) is 2.80. The van der Waals surface area contributed by atoms with E-state index < -0.39 is 18.3 Å². The number of rotatable bonds is 10. The molecule has 3 nitrogen and oxygen atoms in total. The van der Waals surface area contributed by atoms with Crippen molar-refractivity contribution >= 4 is 0 Å². The van der Waals surface area contributed by atoms with E-state index in [0.717, 1.165) is 12.8 Å². The van der Waals surface area contributed by atoms with E-state index in [9.17, 15) is 15.3 Å². The molecule has 0 fully saturated rings. The number of hydrogen-bond donors (Lipinski definition) is 3. The van der Waals surface area contributed by atoms with Gasteiger partial charge < -0.3 is 15.3 Å². The molecule has 0 aromatic carbocycles. The molecule has 0 aliphatic heterocycles. The van der Waals surface area contributed by atoms with Crippen LogP contribution >= 0.6 is 0 Å². The monoisotopic (exact) mass is 230 g/mol. The van der Waals surface area contributed by atoms with Crippen LogP contribution in [0.1, 0.15) is 51.9 Å². The van der Waals surface area contributed by atoms with Crippen molar-refractivity contribution in [3.63, 3.8) is 0 Å². The van der Waals surface area contributed by atoms with Crippen molar-refractivity contribution in [2.45, 2.75) is 70.2 Å². The molecule has 0 bridgehead atoms. The highest BCUT2D eigenvalue weighted by Crippen LogP contribution is 2.12. The lowest BCUT2D eigenvalue weighted by molar-refractivity contribution is -0.00908. The van der Waals surface area contributed by atoms with Gasteiger partial charge in [-0.25, -0.2) is 0 Å². The minimum atomic E-state index is -0.848. The van der Waals surface area contributed by atoms with Gasteiger partial charge in [0.25, 0.3) is 0 Å². The van der Waals surface area contributed by atoms with E-state index in [1.54, 1.807) is 0 Å². The van der Waals surface area contributed by atoms with E-state index in [1.807, 2.05) is 0 Å². The second-order valence-electron chi connectivity index (χ2n) is 4.38. The molecule has 96 valence electrons. The minimum Gasteiger partial charge on any atom is -0.390 e. The van der Waals surface area contributed by atoms with Gasteiger partial charge in [0.1, 0.15) is 0 Å². The number of hydrogen-bond acceptors (Lipinski definition) is 3. The molecule has 0 aliphatic carbocycles. The molecule has 0 saturated carbocycles. The van der Waals surface area contributed by atoms with E-state index in [-0.39, 0.29) is 6.42 Å². The molecule has 0 aromatic heterocycles. The van der Waals surface area contributed by atoms with E-state index in [0.29, 0.717) is 6.42 Å². The summed E-state index contributed by atoms with van der Waals surface area (Å²) in [5, 5.41) is 28.4. The fourth-order valence-electron chi connectivity index (χ4n) is 1.65. The molecule has 0 rings (SSSR count). The van der Waals surface area contributed by atoms with Crippen molar-refractivity contribution in [3.8, 4) is 0 Å². The average molecular weight is 230 g/mol. The zero-order valence-electron chi connectivity index (χ0n) is 10.3. The maximum atomic E-state index is 9.62. The summed E-state index contributed by atoms with van der Waals surface area (Å²) in [6, 6.07) is 0. The first kappa shape index (κ1) is 15.6. The van der Waals surface area contributed by atoms with Crippen LogP contribution in [0.25, 0.3) is 0 Å². The molecule has 0 radical (unpaired) electrons. The molecule has 0 aromatic rings. The summed E-state index contributed by atoms with van der Waals surface area (Å²) in [4.78, 5) is 0. The summed E-state index contributed by atoms with van der Waals surface area (Å²) >= 11 is 0. The molecule has 16 heavy (non-hydrogen) atoms. The normalized spacial score (nSPS) is 16.8. The minimum absolute atomic E-state index is 0.166. The lowest BCUT2D eigenvalue weighted by Crippen LogP contribution is -2.29. The van der Waals surface area contributed by atoms with Crippen molar-refractivity contribution in [1.29, 1.82) is 0 Å². The highest BCUT2D eigenvalue weighted by Gasteiger charge is 2.18. The van der Waals surface area contributed by atoms with Crippen LogP contribution < -0.4 is 0 Å². The van der Waals surface area contributed by atoms with Gasteiger partial charge in [-0.2, -0.15) is 0 Å². The smallest absolute Gasteiger partial charge is 0.0826 e. The molecule has 3 atom stereocenters. The van der Waals surface area contributed by atoms with Crippen molar-refractivity contribution in [1.82, 2.24) is 0 Å². The summed E-state index contributed by atoms with van der Waals surface area (Å²) in [5.74, 6) is 0. The Morgan fingerprint density at radius 1 is 1.00 bits per heavy atom. The Morgan fingerprint density at radius 2 is 1.62 bits per heavy atom. The van der Waals surface area contributed by atoms with Crippen molar-refractivity contribution in [3.05, 3.63) is 12.7 Å². The van der Waals surface area contributed by atoms with Crippen LogP contribution in [0.5, 0.6) is 0 Å². The Kier molecular flexibility index (Phi) is 9.59. The molecule has 0 heterocycles. The lowest BCUT2D eigenvalue weighted by Gasteiger charge is -2.19. The van der Waals surface area contributed by atoms with Crippen molar-refractivity contribution in [2.24, 2.45) is 0 Å². The van der Waals surface area contributed by atoms with Gasteiger partial charge in [-0.3, -0.25) is 0 Å². The molecule has 0 aliphatic rings. The third-order valence-corrected chi connectivity index (χ3v) is 2.80. The average Bonchev–Trinajstić information content (AvgIpc) is 2.28. The molecule has 3 heteroatoms. The predicted molar refractivity (Wildman–Crippen MR) is 66.2 cm³/mol. The van der Waals surface area contributed by atoms with Gasteiger partial charge in [0.15, 0.2) is 0 Å². The van der Waals surface area contributed by atoms with Crippen LogP contribution in [0.3, 0.4) is 0 Å². The second kappa shape index (κ2) is 9.82. The number of aliphatic hydroxyl groups excluding tert-OH is 3. The molecule has 3 N–H and O–H groups in total. The Labute approximate surface area is 98.8 Å². The van der Waals surface area contributed by atoms with E-state index in [4.69, 9.17) is 0 Å². The van der Waals surface area contributed by atoms with E-state index in [1.165, 1.54) is 25.3 Å². The summed E-state index contributed by atoms with van der Waals surface area (Å²) in [6.45, 7) is 5.59. The first-order chi connectivity index (χ1) is 7.61. The number of aliphatic hydroxyl groups is 3. The Bertz CT molecular complexity index is 171. The van der Waals surface area contributed by atoms with Gasteiger partial charge in [-0.15, -0.1) is 6.58 Å². The fourth-order valence-corrected chi connectivity index (χ4v) is 1.65. The van der Waals surface area contributed by atoms with Crippen LogP contribution in [-0.2, 0) is 0 Å². The zero-order chi connectivity index (χ0) is 12.4. The summed E-state index contributed by atoms with van der Waals surface area (Å²) in [6.07, 6.45) is 5.49. The fraction of sp³-hybridized carbons (Fsp3) is 0.846. The van der Waals surface area contributed by atoms with Crippen LogP contribution in [0.2, 0.25) is 0 Å². The van der Waals surface area contributed by atoms with Gasteiger partial charge >= 0.3 is 0 Å². The Balaban J connectivity index is 3.54. The first-order valence-corrected chi connectivity index (χ1v) is 6.28. The van der Waals surface area contributed by atoms with Crippen molar-refractivity contribution in [2.75, 3.05) is 0 Å². The summed E-state index contributed by atoms with van der Waals surface area (Å²) < 4.78 is 0. The largest absolute Gasteiger partial charge is 0.390 e. The van der Waals surface area contributed by atoms with Crippen LogP contribution in [0, 0.1) is 0 Å². The van der Waals surface area contributed by atoms with E-state index in [2.05, 4.69) is 13.5 Å². The van der Waals surface area contributed by atoms with Crippen molar-refractivity contribution < 1.29 is 15.3 Å². The van der Waals surface area contributed by atoms with Crippen LogP contribution in [-0.4, -0.2) is 33.6 Å². The summed E-state index contributed by atoms with van der Waals surface area (Å²) in [7, 11) is 0. The third kappa shape index (κ3) is 7.85. The van der Waals surface area contributed by atoms with Gasteiger partial charge in [0.2, 0.25) is 0 Å². The van der Waals surface area contributed by atoms with Gasteiger partial charge in [-0.05, 0) is 6.42 Å². The molecule has 0 spiro atoms. The molecular weight excluding hydrogens is 204 g/mol. The molecule has 0 unspecified atom stereocenters. The quantitative estimate of drug-likeness (QED) is 0.397. The van der Waals surface area contributed by atoms with Crippen LogP contribution in [0.4, 0.5) is 0 Å². The molecule has 0 saturated heterocycles. The first-order valence-electron chi connectivity index (χ1n) is 6.28. The SMILES string of the molecule is C=C[C@@H](O)C[C@@H](O)[C@H](O)CCCCCCC. The molecule has 0 amide bonds. The molecular formula is C13H26O3. The van der Waals surface area contributed by atoms with Gasteiger partial charge in [0.05, 0.1) is 18.3 Å². The predicted octanol–water partition coefficient (Wildman–Crippen LogP) is 2.01. The zero-order valence-corrected chi connectivity index (χ0v) is 10.3. The summed E-state index contributed by atoms with van der Waals surface area (Å²) in [5.41, 5.74) is 0. The lowest BCUT2D eigenvalue weighted by atomic mass is 10.0. The highest BCUT2D eigenvalue weighted by molar-refractivity contribution is 4.82. The topological polar surface area (TPSA) is 60.7 Å².